The number of nitrogens with zero attached hydrogens (tertiary/aromatic N) is 8. The fourth-order valence-corrected chi connectivity index (χ4v) is 7.87. The molecule has 16 heteroatoms. The van der Waals surface area contributed by atoms with E-state index in [-0.39, 0.29) is 36.3 Å². The molecular weight excluding hydrogens is 780 g/mol. The fourth-order valence-electron chi connectivity index (χ4n) is 7.87. The molecular formula is C45H45FN10O5. The molecule has 5 heterocycles. The summed E-state index contributed by atoms with van der Waals surface area (Å²) < 4.78 is 22.6. The molecule has 2 aromatic heterocycles. The SMILES string of the molecule is N#Cc1cccc(-c2ccc(=O)n(Cc3cccc(-c4ncc(OCC5CCN(C(=O)CN6CCN(c7ccc(NC8CCC(=O)NC8=O)cc7F)CC6)CC5)cn4)c3)n2)c1. The number of nitriles is 1. The lowest BCUT2D eigenvalue weighted by molar-refractivity contribution is -0.135. The van der Waals surface area contributed by atoms with Crippen molar-refractivity contribution in [2.45, 2.75) is 38.3 Å². The van der Waals surface area contributed by atoms with Gasteiger partial charge in [-0.2, -0.15) is 10.4 Å². The van der Waals surface area contributed by atoms with Crippen molar-refractivity contribution in [3.8, 4) is 34.5 Å². The molecule has 0 spiro atoms. The standard InChI is InChI=1S/C45H45FN10O5/c46-37-23-35(50-39-8-11-41(57)51-45(39)60)7-10-40(37)54-19-17-53(18-20-54)28-43(59)55-15-13-30(14-16-55)29-61-36-25-48-44(49-26-36)34-6-2-4-32(22-34)27-56-42(58)12-9-38(52-56)33-5-1-3-31(21-33)24-47/h1-7,9-10,12,21-23,25-26,30,39,50H,8,11,13-20,27-29H2,(H,51,57,60). The van der Waals surface area contributed by atoms with Crippen LogP contribution in [-0.2, 0) is 20.9 Å². The molecule has 3 aliphatic heterocycles. The zero-order chi connectivity index (χ0) is 42.3. The number of rotatable bonds is 12. The van der Waals surface area contributed by atoms with Gasteiger partial charge in [0, 0.05) is 68.6 Å². The van der Waals surface area contributed by atoms with Crippen molar-refractivity contribution in [1.82, 2.24) is 34.9 Å². The minimum absolute atomic E-state index is 0.0927. The summed E-state index contributed by atoms with van der Waals surface area (Å²) in [5.74, 6) is 0.362. The number of nitrogens with one attached hydrogen (secondary N) is 2. The zero-order valence-corrected chi connectivity index (χ0v) is 33.5. The van der Waals surface area contributed by atoms with E-state index in [2.05, 4.69) is 36.7 Å². The number of carbonyl (C=O) groups excluding carboxylic acids is 3. The molecule has 1 unspecified atom stereocenters. The van der Waals surface area contributed by atoms with Gasteiger partial charge in [0.15, 0.2) is 11.6 Å². The van der Waals surface area contributed by atoms with E-state index in [9.17, 15) is 24.4 Å². The number of amides is 3. The lowest BCUT2D eigenvalue weighted by Crippen LogP contribution is -2.51. The molecule has 3 aromatic carbocycles. The minimum Gasteiger partial charge on any atom is -0.490 e. The number of hydrogen-bond donors (Lipinski definition) is 2. The third kappa shape index (κ3) is 10.1. The molecule has 3 fully saturated rings. The molecule has 2 N–H and O–H groups in total. The van der Waals surface area contributed by atoms with Crippen molar-refractivity contribution in [1.29, 1.82) is 5.26 Å². The maximum Gasteiger partial charge on any atom is 0.267 e. The highest BCUT2D eigenvalue weighted by atomic mass is 19.1. The Kier molecular flexibility index (Phi) is 12.4. The Morgan fingerprint density at radius 3 is 2.41 bits per heavy atom. The second-order valence-corrected chi connectivity index (χ2v) is 15.6. The first-order valence-electron chi connectivity index (χ1n) is 20.4. The molecule has 3 aliphatic rings. The van der Waals surface area contributed by atoms with Crippen LogP contribution in [0.25, 0.3) is 22.6 Å². The number of hydrogen-bond acceptors (Lipinski definition) is 12. The van der Waals surface area contributed by atoms with Gasteiger partial charge in [0.1, 0.15) is 11.9 Å². The highest BCUT2D eigenvalue weighted by molar-refractivity contribution is 6.01. The summed E-state index contributed by atoms with van der Waals surface area (Å²) in [6, 6.07) is 24.2. The number of imide groups is 1. The Morgan fingerprint density at radius 1 is 0.885 bits per heavy atom. The molecule has 3 amide bonds. The maximum absolute atomic E-state index is 15.2. The summed E-state index contributed by atoms with van der Waals surface area (Å²) >= 11 is 0. The summed E-state index contributed by atoms with van der Waals surface area (Å²) in [6.45, 7) is 4.80. The number of ether oxygens (including phenoxy) is 1. The number of carbonyl (C=O) groups is 3. The van der Waals surface area contributed by atoms with Gasteiger partial charge in [0.05, 0.1) is 55.1 Å². The maximum atomic E-state index is 15.2. The Morgan fingerprint density at radius 2 is 1.66 bits per heavy atom. The lowest BCUT2D eigenvalue weighted by Gasteiger charge is -2.38. The highest BCUT2D eigenvalue weighted by Gasteiger charge is 2.29. The first-order valence-corrected chi connectivity index (χ1v) is 20.4. The van der Waals surface area contributed by atoms with Crippen LogP contribution in [0.15, 0.2) is 96.1 Å². The van der Waals surface area contributed by atoms with Crippen LogP contribution in [0.5, 0.6) is 5.75 Å². The highest BCUT2D eigenvalue weighted by Crippen LogP contribution is 2.26. The Labute approximate surface area is 351 Å². The van der Waals surface area contributed by atoms with Crippen LogP contribution in [0.3, 0.4) is 0 Å². The molecule has 5 aromatic rings. The Balaban J connectivity index is 0.762. The second kappa shape index (κ2) is 18.5. The van der Waals surface area contributed by atoms with Crippen LogP contribution in [0.1, 0.15) is 36.8 Å². The van der Waals surface area contributed by atoms with E-state index in [0.717, 1.165) is 29.5 Å². The van der Waals surface area contributed by atoms with Gasteiger partial charge in [-0.25, -0.2) is 19.0 Å². The summed E-state index contributed by atoms with van der Waals surface area (Å²) in [4.78, 5) is 64.5. The number of halogens is 1. The molecule has 61 heavy (non-hydrogen) atoms. The van der Waals surface area contributed by atoms with Gasteiger partial charge in [0.2, 0.25) is 17.7 Å². The number of benzene rings is 3. The van der Waals surface area contributed by atoms with Crippen LogP contribution in [0.2, 0.25) is 0 Å². The first kappa shape index (κ1) is 40.8. The van der Waals surface area contributed by atoms with E-state index in [4.69, 9.17) is 4.74 Å². The molecule has 3 saturated heterocycles. The summed E-state index contributed by atoms with van der Waals surface area (Å²) in [6.07, 6.45) is 5.56. The van der Waals surface area contributed by atoms with Crippen LogP contribution in [0, 0.1) is 23.1 Å². The van der Waals surface area contributed by atoms with E-state index in [0.29, 0.717) is 93.0 Å². The van der Waals surface area contributed by atoms with Crippen LogP contribution < -0.4 is 25.8 Å². The van der Waals surface area contributed by atoms with Gasteiger partial charge in [-0.05, 0) is 73.2 Å². The number of piperazine rings is 1. The lowest BCUT2D eigenvalue weighted by atomic mass is 9.98. The third-order valence-corrected chi connectivity index (χ3v) is 11.4. The van der Waals surface area contributed by atoms with E-state index in [1.165, 1.54) is 16.8 Å². The van der Waals surface area contributed by atoms with Crippen molar-refractivity contribution in [3.05, 3.63) is 119 Å². The molecule has 1 atom stereocenters. The van der Waals surface area contributed by atoms with E-state index >= 15 is 4.39 Å². The minimum atomic E-state index is -0.584. The Bertz CT molecular complexity index is 2510. The molecule has 0 radical (unpaired) electrons. The zero-order valence-electron chi connectivity index (χ0n) is 33.5. The largest absolute Gasteiger partial charge is 0.490 e. The predicted molar refractivity (Wildman–Crippen MR) is 225 cm³/mol. The van der Waals surface area contributed by atoms with E-state index in [1.54, 1.807) is 48.8 Å². The van der Waals surface area contributed by atoms with Gasteiger partial charge >= 0.3 is 0 Å². The average Bonchev–Trinajstić information content (AvgIpc) is 3.28. The van der Waals surface area contributed by atoms with E-state index in [1.807, 2.05) is 40.1 Å². The van der Waals surface area contributed by atoms with Gasteiger partial charge in [0.25, 0.3) is 5.56 Å². The Hall–Kier alpha value is -6.99. The van der Waals surface area contributed by atoms with Crippen molar-refractivity contribution >= 4 is 29.1 Å². The fraction of sp³-hybridized carbons (Fsp3) is 0.333. The van der Waals surface area contributed by atoms with Crippen molar-refractivity contribution in [3.63, 3.8) is 0 Å². The van der Waals surface area contributed by atoms with E-state index < -0.39 is 17.8 Å². The molecule has 0 bridgehead atoms. The number of piperidine rings is 2. The predicted octanol–water partition coefficient (Wildman–Crippen LogP) is 4.08. The normalized spacial score (nSPS) is 17.4. The van der Waals surface area contributed by atoms with Crippen molar-refractivity contribution in [2.24, 2.45) is 5.92 Å². The van der Waals surface area contributed by atoms with Crippen LogP contribution in [-0.4, -0.2) is 106 Å². The molecule has 0 aliphatic carbocycles. The molecule has 15 nitrogen and oxygen atoms in total. The van der Waals surface area contributed by atoms with Crippen LogP contribution in [0.4, 0.5) is 15.8 Å². The summed E-state index contributed by atoms with van der Waals surface area (Å²) in [5.41, 5.74) is 4.22. The van der Waals surface area contributed by atoms with Gasteiger partial charge in [-0.3, -0.25) is 29.4 Å². The molecule has 8 rings (SSSR count). The topological polar surface area (TPSA) is 179 Å². The van der Waals surface area contributed by atoms with Crippen molar-refractivity contribution < 1.29 is 23.5 Å². The second-order valence-electron chi connectivity index (χ2n) is 15.6. The van der Waals surface area contributed by atoms with Gasteiger partial charge in [-0.1, -0.05) is 30.3 Å². The van der Waals surface area contributed by atoms with Gasteiger partial charge in [-0.15, -0.1) is 0 Å². The smallest absolute Gasteiger partial charge is 0.267 e. The summed E-state index contributed by atoms with van der Waals surface area (Å²) in [7, 11) is 0. The third-order valence-electron chi connectivity index (χ3n) is 11.4. The number of anilines is 2. The van der Waals surface area contributed by atoms with Crippen LogP contribution >= 0.6 is 0 Å². The summed E-state index contributed by atoms with van der Waals surface area (Å²) in [5, 5.41) is 19.1. The molecule has 312 valence electrons. The number of likely N-dealkylation sites (tertiary alicyclic amines) is 1. The first-order chi connectivity index (χ1) is 29.7. The average molecular weight is 825 g/mol. The van der Waals surface area contributed by atoms with Crippen molar-refractivity contribution in [2.75, 3.05) is 62.6 Å². The quantitative estimate of drug-likeness (QED) is 0.173. The van der Waals surface area contributed by atoms with Gasteiger partial charge < -0.3 is 19.9 Å². The number of aromatic nitrogens is 4. The molecule has 0 saturated carbocycles. The monoisotopic (exact) mass is 824 g/mol.